The van der Waals surface area contributed by atoms with Crippen molar-refractivity contribution in [2.75, 3.05) is 0 Å². The average Bonchev–Trinajstić information content (AvgIpc) is 2.53. The van der Waals surface area contributed by atoms with Gasteiger partial charge in [0.25, 0.3) is 0 Å². The van der Waals surface area contributed by atoms with Crippen LogP contribution < -0.4 is 5.73 Å². The quantitative estimate of drug-likeness (QED) is 0.712. The van der Waals surface area contributed by atoms with Crippen molar-refractivity contribution in [3.8, 4) is 0 Å². The van der Waals surface area contributed by atoms with Crippen LogP contribution in [0.25, 0.3) is 0 Å². The highest BCUT2D eigenvalue weighted by Gasteiger charge is 2.17. The van der Waals surface area contributed by atoms with E-state index in [0.717, 1.165) is 23.6 Å². The average molecular weight is 175 g/mol. The number of hydrogen-bond donors (Lipinski definition) is 1. The van der Waals surface area contributed by atoms with E-state index in [-0.39, 0.29) is 5.92 Å². The van der Waals surface area contributed by atoms with E-state index in [1.807, 2.05) is 31.2 Å². The molecule has 0 bridgehead atoms. The van der Waals surface area contributed by atoms with Gasteiger partial charge in [0.15, 0.2) is 0 Å². The van der Waals surface area contributed by atoms with Crippen LogP contribution in [0.5, 0.6) is 0 Å². The van der Waals surface area contributed by atoms with Crippen molar-refractivity contribution in [3.63, 3.8) is 0 Å². The van der Waals surface area contributed by atoms with Gasteiger partial charge in [-0.15, -0.1) is 0 Å². The van der Waals surface area contributed by atoms with Crippen molar-refractivity contribution in [1.82, 2.24) is 0 Å². The lowest BCUT2D eigenvalue weighted by atomic mass is 9.95. The molecule has 0 spiro atoms. The highest BCUT2D eigenvalue weighted by molar-refractivity contribution is 5.28. The van der Waals surface area contributed by atoms with Crippen molar-refractivity contribution in [1.29, 1.82) is 0 Å². The Morgan fingerprint density at radius 3 is 2.92 bits per heavy atom. The van der Waals surface area contributed by atoms with Crippen molar-refractivity contribution < 1.29 is 4.42 Å². The van der Waals surface area contributed by atoms with E-state index >= 15 is 0 Å². The molecule has 0 amide bonds. The van der Waals surface area contributed by atoms with Crippen molar-refractivity contribution in [3.05, 3.63) is 47.6 Å². The molecule has 2 nitrogen and oxygen atoms in total. The minimum absolute atomic E-state index is 0.235. The first-order valence-electron chi connectivity index (χ1n) is 4.46. The van der Waals surface area contributed by atoms with Gasteiger partial charge in [-0.05, 0) is 31.6 Å². The molecule has 0 fully saturated rings. The van der Waals surface area contributed by atoms with E-state index in [1.165, 1.54) is 0 Å². The fourth-order valence-electron chi connectivity index (χ4n) is 1.57. The smallest absolute Gasteiger partial charge is 0.113 e. The molecule has 1 aromatic rings. The SMILES string of the molecule is Cc1ccc([C@@H]2CC=CC=C2N)o1. The van der Waals surface area contributed by atoms with Gasteiger partial charge in [-0.2, -0.15) is 0 Å². The molecule has 2 rings (SSSR count). The van der Waals surface area contributed by atoms with Crippen LogP contribution >= 0.6 is 0 Å². The van der Waals surface area contributed by atoms with E-state index in [1.54, 1.807) is 0 Å². The number of allylic oxidation sites excluding steroid dienone is 4. The van der Waals surface area contributed by atoms with Crippen LogP contribution in [-0.2, 0) is 0 Å². The fourth-order valence-corrected chi connectivity index (χ4v) is 1.57. The molecule has 0 saturated carbocycles. The molecule has 0 radical (unpaired) electrons. The molecule has 2 heteroatoms. The molecule has 1 heterocycles. The lowest BCUT2D eigenvalue weighted by Gasteiger charge is -2.15. The summed E-state index contributed by atoms with van der Waals surface area (Å²) < 4.78 is 5.54. The van der Waals surface area contributed by atoms with Gasteiger partial charge in [-0.1, -0.05) is 12.2 Å². The molecule has 1 atom stereocenters. The van der Waals surface area contributed by atoms with Crippen LogP contribution in [0.3, 0.4) is 0 Å². The normalized spacial score (nSPS) is 21.6. The second kappa shape index (κ2) is 3.13. The summed E-state index contributed by atoms with van der Waals surface area (Å²) in [4.78, 5) is 0. The first-order chi connectivity index (χ1) is 6.27. The Morgan fingerprint density at radius 1 is 1.46 bits per heavy atom. The molecule has 0 unspecified atom stereocenters. The van der Waals surface area contributed by atoms with Gasteiger partial charge in [0.05, 0.1) is 5.92 Å². The molecule has 13 heavy (non-hydrogen) atoms. The Kier molecular flexibility index (Phi) is 1.97. The molecule has 1 aliphatic rings. The standard InChI is InChI=1S/C11H13NO/c1-8-6-7-11(13-8)9-4-2-3-5-10(9)12/h2-3,5-7,9H,4,12H2,1H3/t9-/m1/s1. The minimum atomic E-state index is 0.235. The van der Waals surface area contributed by atoms with Gasteiger partial charge in [0, 0.05) is 5.70 Å². The molecule has 0 aromatic carbocycles. The van der Waals surface area contributed by atoms with E-state index in [0.29, 0.717) is 0 Å². The number of nitrogens with two attached hydrogens (primary N) is 1. The maximum absolute atomic E-state index is 5.87. The summed E-state index contributed by atoms with van der Waals surface area (Å²) in [6.45, 7) is 1.95. The zero-order valence-electron chi connectivity index (χ0n) is 7.66. The molecular weight excluding hydrogens is 162 g/mol. The van der Waals surface area contributed by atoms with Gasteiger partial charge in [-0.3, -0.25) is 0 Å². The topological polar surface area (TPSA) is 39.2 Å². The van der Waals surface area contributed by atoms with Crippen LogP contribution in [0.4, 0.5) is 0 Å². The van der Waals surface area contributed by atoms with E-state index in [4.69, 9.17) is 10.2 Å². The monoisotopic (exact) mass is 175 g/mol. The lowest BCUT2D eigenvalue weighted by Crippen LogP contribution is -2.10. The van der Waals surface area contributed by atoms with Crippen molar-refractivity contribution in [2.24, 2.45) is 5.73 Å². The molecule has 2 N–H and O–H groups in total. The van der Waals surface area contributed by atoms with Crippen molar-refractivity contribution >= 4 is 0 Å². The third-order valence-corrected chi connectivity index (χ3v) is 2.30. The Morgan fingerprint density at radius 2 is 2.31 bits per heavy atom. The van der Waals surface area contributed by atoms with Gasteiger partial charge in [0.2, 0.25) is 0 Å². The van der Waals surface area contributed by atoms with Crippen LogP contribution in [-0.4, -0.2) is 0 Å². The van der Waals surface area contributed by atoms with E-state index in [9.17, 15) is 0 Å². The maximum Gasteiger partial charge on any atom is 0.113 e. The summed E-state index contributed by atoms with van der Waals surface area (Å²) in [7, 11) is 0. The number of furan rings is 1. The fraction of sp³-hybridized carbons (Fsp3) is 0.273. The first kappa shape index (κ1) is 8.17. The van der Waals surface area contributed by atoms with Gasteiger partial charge in [-0.25, -0.2) is 0 Å². The van der Waals surface area contributed by atoms with Crippen LogP contribution in [0.15, 0.2) is 40.5 Å². The molecule has 68 valence electrons. The molecule has 1 aromatic heterocycles. The molecule has 0 saturated heterocycles. The Bertz CT molecular complexity index is 360. The zero-order valence-corrected chi connectivity index (χ0v) is 7.66. The third kappa shape index (κ3) is 1.52. The minimum Gasteiger partial charge on any atom is -0.466 e. The second-order valence-electron chi connectivity index (χ2n) is 3.33. The van der Waals surface area contributed by atoms with Crippen LogP contribution in [0, 0.1) is 6.92 Å². The highest BCUT2D eigenvalue weighted by Crippen LogP contribution is 2.29. The largest absolute Gasteiger partial charge is 0.466 e. The summed E-state index contributed by atoms with van der Waals surface area (Å²) in [5.74, 6) is 2.15. The molecular formula is C11H13NO. The molecule has 1 aliphatic carbocycles. The first-order valence-corrected chi connectivity index (χ1v) is 4.46. The van der Waals surface area contributed by atoms with E-state index < -0.39 is 0 Å². The summed E-state index contributed by atoms with van der Waals surface area (Å²) in [5, 5.41) is 0. The van der Waals surface area contributed by atoms with Crippen LogP contribution in [0.2, 0.25) is 0 Å². The summed E-state index contributed by atoms with van der Waals surface area (Å²) >= 11 is 0. The molecule has 0 aliphatic heterocycles. The summed E-state index contributed by atoms with van der Waals surface area (Å²) in [6, 6.07) is 3.97. The predicted molar refractivity (Wildman–Crippen MR) is 52.2 cm³/mol. The second-order valence-corrected chi connectivity index (χ2v) is 3.33. The van der Waals surface area contributed by atoms with Gasteiger partial charge < -0.3 is 10.2 Å². The van der Waals surface area contributed by atoms with Gasteiger partial charge >= 0.3 is 0 Å². The predicted octanol–water partition coefficient (Wildman–Crippen LogP) is 2.47. The summed E-state index contributed by atoms with van der Waals surface area (Å²) in [6.07, 6.45) is 6.97. The third-order valence-electron chi connectivity index (χ3n) is 2.30. The number of rotatable bonds is 1. The Balaban J connectivity index is 2.27. The number of hydrogen-bond acceptors (Lipinski definition) is 2. The van der Waals surface area contributed by atoms with E-state index in [2.05, 4.69) is 6.08 Å². The van der Waals surface area contributed by atoms with Gasteiger partial charge in [0.1, 0.15) is 11.5 Å². The Labute approximate surface area is 77.7 Å². The lowest BCUT2D eigenvalue weighted by molar-refractivity contribution is 0.459. The maximum atomic E-state index is 5.87. The number of aryl methyl sites for hydroxylation is 1. The highest BCUT2D eigenvalue weighted by atomic mass is 16.3. The zero-order chi connectivity index (χ0) is 9.26. The summed E-state index contributed by atoms with van der Waals surface area (Å²) in [5.41, 5.74) is 6.76. The van der Waals surface area contributed by atoms with Crippen molar-refractivity contribution in [2.45, 2.75) is 19.3 Å². The van der Waals surface area contributed by atoms with Crippen LogP contribution in [0.1, 0.15) is 23.9 Å². The Hall–Kier alpha value is -1.44.